The number of aliphatic hydroxyl groups excluding tert-OH is 1. The fraction of sp³-hybridized carbons (Fsp3) is 0.0857. The Kier molecular flexibility index (Phi) is 10.1. The van der Waals surface area contributed by atoms with Gasteiger partial charge in [-0.25, -0.2) is 0 Å². The maximum absolute atomic E-state index is 12.0. The number of nitrogen functional groups attached to an aromatic ring is 2. The highest BCUT2D eigenvalue weighted by Crippen LogP contribution is 2.45. The number of fused-ring (bicyclic) bond motifs is 2. The number of phenols is 2. The molecule has 290 valence electrons. The van der Waals surface area contributed by atoms with Gasteiger partial charge in [-0.15, -0.1) is 10.2 Å². The van der Waals surface area contributed by atoms with Crippen molar-refractivity contribution in [2.24, 2.45) is 20.5 Å². The van der Waals surface area contributed by atoms with Crippen LogP contribution in [0, 0.1) is 13.8 Å². The molecule has 21 heteroatoms. The van der Waals surface area contributed by atoms with E-state index in [-0.39, 0.29) is 38.8 Å². The van der Waals surface area contributed by atoms with Gasteiger partial charge in [0.1, 0.15) is 26.1 Å². The van der Waals surface area contributed by atoms with Crippen LogP contribution in [0.5, 0.6) is 11.5 Å². The molecule has 6 rings (SSSR count). The zero-order valence-corrected chi connectivity index (χ0v) is 31.4. The van der Waals surface area contributed by atoms with Gasteiger partial charge < -0.3 is 26.8 Å². The standard InChI is InChI=1S/C35H30N6O12S3/c1-16-11-18(3-7-23(16)38-40-25-9-5-21-27(54(45,46)47)13-20(15-42)32(36)30(21)34(25)43)19-4-8-24(17(2)12-19)39-41-26-10-6-22-28(55(48,49)50)14-29(56(51,52)53)33(37)31(22)35(26)44/h3-14,42-44H,15,36-37H2,1-2H3,(H,45,46,47)(H,48,49,50)(H,51,52,53). The Labute approximate surface area is 318 Å². The second kappa shape index (κ2) is 14.2. The van der Waals surface area contributed by atoms with Crippen LogP contribution < -0.4 is 11.5 Å². The molecule has 0 aromatic heterocycles. The van der Waals surface area contributed by atoms with E-state index in [0.29, 0.717) is 28.6 Å². The van der Waals surface area contributed by atoms with Crippen molar-refractivity contribution in [1.82, 2.24) is 0 Å². The minimum absolute atomic E-state index is 0.0274. The predicted molar refractivity (Wildman–Crippen MR) is 205 cm³/mol. The molecule has 0 amide bonds. The predicted octanol–water partition coefficient (Wildman–Crippen LogP) is 6.92. The van der Waals surface area contributed by atoms with Gasteiger partial charge in [-0.1, -0.05) is 24.3 Å². The minimum Gasteiger partial charge on any atom is -0.505 e. The number of rotatable bonds is 9. The summed E-state index contributed by atoms with van der Waals surface area (Å²) in [7, 11) is -14.8. The van der Waals surface area contributed by atoms with Crippen LogP contribution in [0.2, 0.25) is 0 Å². The van der Waals surface area contributed by atoms with Crippen molar-refractivity contribution < 1.29 is 54.2 Å². The first-order valence-corrected chi connectivity index (χ1v) is 20.2. The molecule has 0 unspecified atom stereocenters. The third kappa shape index (κ3) is 7.34. The summed E-state index contributed by atoms with van der Waals surface area (Å²) in [5.41, 5.74) is 14.5. The number of nitrogens with two attached hydrogens (primary N) is 2. The molecule has 6 aromatic rings. The van der Waals surface area contributed by atoms with Gasteiger partial charge in [0.2, 0.25) is 0 Å². The molecule has 0 heterocycles. The third-order valence-corrected chi connectivity index (χ3v) is 11.5. The molecular formula is C35H30N6O12S3. The number of aryl methyl sites for hydroxylation is 2. The maximum Gasteiger partial charge on any atom is 0.296 e. The van der Waals surface area contributed by atoms with Crippen LogP contribution in [0.1, 0.15) is 16.7 Å². The molecule has 0 bridgehead atoms. The number of hydrogen-bond acceptors (Lipinski definition) is 15. The molecular weight excluding hydrogens is 793 g/mol. The van der Waals surface area contributed by atoms with Crippen molar-refractivity contribution in [3.05, 3.63) is 89.5 Å². The van der Waals surface area contributed by atoms with Crippen molar-refractivity contribution in [1.29, 1.82) is 0 Å². The summed E-state index contributed by atoms with van der Waals surface area (Å²) in [4.78, 5) is -2.51. The van der Waals surface area contributed by atoms with Gasteiger partial charge in [0.15, 0.2) is 11.5 Å². The summed E-state index contributed by atoms with van der Waals surface area (Å²) in [5.74, 6) is -1.27. The lowest BCUT2D eigenvalue weighted by atomic mass is 10.00. The van der Waals surface area contributed by atoms with Gasteiger partial charge in [-0.05, 0) is 84.6 Å². The first-order chi connectivity index (χ1) is 26.1. The molecule has 0 aliphatic rings. The van der Waals surface area contributed by atoms with Gasteiger partial charge >= 0.3 is 0 Å². The van der Waals surface area contributed by atoms with Gasteiger partial charge in [0, 0.05) is 22.0 Å². The van der Waals surface area contributed by atoms with Gasteiger partial charge in [0.25, 0.3) is 30.4 Å². The van der Waals surface area contributed by atoms with Crippen LogP contribution >= 0.6 is 0 Å². The highest BCUT2D eigenvalue weighted by Gasteiger charge is 2.27. The molecule has 0 aliphatic carbocycles. The number of nitrogens with zero attached hydrogens (tertiary/aromatic N) is 4. The largest absolute Gasteiger partial charge is 0.505 e. The highest BCUT2D eigenvalue weighted by molar-refractivity contribution is 7.87. The average Bonchev–Trinajstić information content (AvgIpc) is 3.10. The fourth-order valence-electron chi connectivity index (χ4n) is 6.03. The second-order valence-electron chi connectivity index (χ2n) is 12.4. The first-order valence-electron chi connectivity index (χ1n) is 15.9. The molecule has 0 saturated carbocycles. The van der Waals surface area contributed by atoms with Crippen LogP contribution in [-0.4, -0.2) is 54.2 Å². The Morgan fingerprint density at radius 3 is 1.29 bits per heavy atom. The Balaban J connectivity index is 1.29. The number of anilines is 2. The van der Waals surface area contributed by atoms with Crippen LogP contribution in [0.15, 0.2) is 108 Å². The molecule has 0 saturated heterocycles. The van der Waals surface area contributed by atoms with E-state index in [1.807, 2.05) is 6.07 Å². The number of aromatic hydroxyl groups is 2. The number of phenolic OH excluding ortho intramolecular Hbond substituents is 2. The SMILES string of the molecule is Cc1cc(-c2ccc(N=Nc3ccc4c(S(=O)(=O)O)cc(S(=O)(=O)O)c(N)c4c3O)c(C)c2)ccc1N=Nc1ccc2c(S(=O)(=O)O)cc(CO)c(N)c2c1O. The quantitative estimate of drug-likeness (QED) is 0.0417. The molecule has 0 spiro atoms. The molecule has 0 atom stereocenters. The number of benzene rings is 6. The minimum atomic E-state index is -5.08. The van der Waals surface area contributed by atoms with Crippen molar-refractivity contribution in [2.75, 3.05) is 11.5 Å². The number of hydrogen-bond donors (Lipinski definition) is 8. The van der Waals surface area contributed by atoms with Gasteiger partial charge in [-0.3, -0.25) is 13.7 Å². The molecule has 56 heavy (non-hydrogen) atoms. The molecule has 18 nitrogen and oxygen atoms in total. The van der Waals surface area contributed by atoms with Gasteiger partial charge in [0.05, 0.1) is 34.4 Å². The van der Waals surface area contributed by atoms with Crippen molar-refractivity contribution in [2.45, 2.75) is 35.1 Å². The summed E-state index contributed by atoms with van der Waals surface area (Å²) in [5, 5.41) is 47.2. The Bertz CT molecular complexity index is 3060. The second-order valence-corrected chi connectivity index (χ2v) is 16.6. The lowest BCUT2D eigenvalue weighted by molar-refractivity contribution is 0.282. The zero-order valence-electron chi connectivity index (χ0n) is 28.9. The Morgan fingerprint density at radius 2 is 0.893 bits per heavy atom. The van der Waals surface area contributed by atoms with E-state index >= 15 is 0 Å². The van der Waals surface area contributed by atoms with E-state index in [9.17, 15) is 54.2 Å². The van der Waals surface area contributed by atoms with Crippen molar-refractivity contribution in [3.63, 3.8) is 0 Å². The molecule has 10 N–H and O–H groups in total. The van der Waals surface area contributed by atoms with Crippen LogP contribution in [0.25, 0.3) is 32.7 Å². The lowest BCUT2D eigenvalue weighted by Gasteiger charge is -2.13. The summed E-state index contributed by atoms with van der Waals surface area (Å²) in [6.45, 7) is 2.86. The van der Waals surface area contributed by atoms with E-state index in [4.69, 9.17) is 11.5 Å². The zero-order chi connectivity index (χ0) is 41.1. The lowest BCUT2D eigenvalue weighted by Crippen LogP contribution is -2.08. The van der Waals surface area contributed by atoms with E-state index in [2.05, 4.69) is 20.5 Å². The smallest absolute Gasteiger partial charge is 0.296 e. The van der Waals surface area contributed by atoms with Crippen molar-refractivity contribution in [3.8, 4) is 22.6 Å². The van der Waals surface area contributed by atoms with Gasteiger partial charge in [-0.2, -0.15) is 35.5 Å². The van der Waals surface area contributed by atoms with E-state index in [0.717, 1.165) is 23.3 Å². The van der Waals surface area contributed by atoms with Crippen molar-refractivity contribution >= 4 is 86.0 Å². The fourth-order valence-corrected chi connectivity index (χ4v) is 8.21. The summed E-state index contributed by atoms with van der Waals surface area (Å²) < 4.78 is 101. The number of azo groups is 2. The maximum atomic E-state index is 12.0. The van der Waals surface area contributed by atoms with E-state index in [1.165, 1.54) is 18.2 Å². The summed E-state index contributed by atoms with van der Waals surface area (Å²) >= 11 is 0. The summed E-state index contributed by atoms with van der Waals surface area (Å²) in [6.07, 6.45) is 0. The molecule has 0 aliphatic heterocycles. The first kappa shape index (κ1) is 39.6. The monoisotopic (exact) mass is 822 g/mol. The number of aliphatic hydroxyl groups is 1. The topological polar surface area (TPSA) is 325 Å². The van der Waals surface area contributed by atoms with Crippen LogP contribution in [-0.2, 0) is 37.0 Å². The third-order valence-electron chi connectivity index (χ3n) is 8.82. The van der Waals surface area contributed by atoms with Crippen LogP contribution in [0.3, 0.4) is 0 Å². The normalized spacial score (nSPS) is 12.8. The van der Waals surface area contributed by atoms with E-state index in [1.54, 1.807) is 44.2 Å². The average molecular weight is 823 g/mol. The highest BCUT2D eigenvalue weighted by atomic mass is 32.2. The molecule has 6 aromatic carbocycles. The Hall–Kier alpha value is -6.07. The summed E-state index contributed by atoms with van der Waals surface area (Å²) in [6, 6.07) is 16.9. The Morgan fingerprint density at radius 1 is 0.518 bits per heavy atom. The van der Waals surface area contributed by atoms with Crippen LogP contribution in [0.4, 0.5) is 34.1 Å². The molecule has 0 radical (unpaired) electrons. The molecule has 0 fully saturated rings. The van der Waals surface area contributed by atoms with E-state index < -0.39 is 74.2 Å².